The lowest BCUT2D eigenvalue weighted by Gasteiger charge is -2.20. The van der Waals surface area contributed by atoms with Crippen LogP contribution in [0.5, 0.6) is 0 Å². The molecule has 0 aliphatic heterocycles. The quantitative estimate of drug-likeness (QED) is 0.850. The zero-order valence-electron chi connectivity index (χ0n) is 10.7. The van der Waals surface area contributed by atoms with E-state index in [-0.39, 0.29) is 5.92 Å². The number of para-hydroxylation sites is 1. The molecule has 0 spiro atoms. The second kappa shape index (κ2) is 5.94. The number of nitrogens with two attached hydrogens (primary N) is 1. The van der Waals surface area contributed by atoms with E-state index in [0.717, 1.165) is 29.4 Å². The first-order valence-corrected chi connectivity index (χ1v) is 6.50. The van der Waals surface area contributed by atoms with Crippen LogP contribution < -0.4 is 5.73 Å². The molecule has 1 aromatic carbocycles. The number of hydrogen-bond acceptors (Lipinski definition) is 3. The van der Waals surface area contributed by atoms with Crippen LogP contribution in [0.15, 0.2) is 36.4 Å². The largest absolute Gasteiger partial charge is 0.386 e. The molecule has 0 aliphatic carbocycles. The molecule has 2 atom stereocenters. The van der Waals surface area contributed by atoms with E-state index in [1.807, 2.05) is 36.4 Å². The monoisotopic (exact) mass is 244 g/mol. The molecule has 0 aliphatic rings. The van der Waals surface area contributed by atoms with Gasteiger partial charge in [-0.1, -0.05) is 37.6 Å². The molecule has 0 radical (unpaired) electrons. The number of aliphatic hydroxyl groups excluding tert-OH is 1. The number of nitrogens with zero attached hydrogens (tertiary/aromatic N) is 1. The first kappa shape index (κ1) is 13.0. The average Bonchev–Trinajstić information content (AvgIpc) is 2.43. The third-order valence-electron chi connectivity index (χ3n) is 3.33. The Bertz CT molecular complexity index is 513. The fraction of sp³-hybridized carbons (Fsp3) is 0.400. The lowest BCUT2D eigenvalue weighted by atomic mass is 9.94. The summed E-state index contributed by atoms with van der Waals surface area (Å²) in [5.74, 6) is 0.0867. The van der Waals surface area contributed by atoms with Crippen molar-refractivity contribution in [2.45, 2.75) is 25.9 Å². The summed E-state index contributed by atoms with van der Waals surface area (Å²) in [4.78, 5) is 4.52. The van der Waals surface area contributed by atoms with Crippen molar-refractivity contribution in [1.29, 1.82) is 0 Å². The lowest BCUT2D eigenvalue weighted by Crippen LogP contribution is -2.22. The van der Waals surface area contributed by atoms with E-state index in [2.05, 4.69) is 11.9 Å². The van der Waals surface area contributed by atoms with Gasteiger partial charge in [0.25, 0.3) is 0 Å². The van der Waals surface area contributed by atoms with Crippen molar-refractivity contribution in [3.63, 3.8) is 0 Å². The van der Waals surface area contributed by atoms with Gasteiger partial charge in [0.2, 0.25) is 0 Å². The van der Waals surface area contributed by atoms with Crippen molar-refractivity contribution in [1.82, 2.24) is 4.98 Å². The predicted molar refractivity (Wildman–Crippen MR) is 74.2 cm³/mol. The Morgan fingerprint density at radius 2 is 2.00 bits per heavy atom. The Morgan fingerprint density at radius 1 is 1.22 bits per heavy atom. The molecule has 3 N–H and O–H groups in total. The van der Waals surface area contributed by atoms with Crippen molar-refractivity contribution < 1.29 is 5.11 Å². The van der Waals surface area contributed by atoms with Crippen LogP contribution in [-0.4, -0.2) is 16.6 Å². The number of benzene rings is 1. The predicted octanol–water partition coefficient (Wildman–Crippen LogP) is 2.64. The van der Waals surface area contributed by atoms with Crippen molar-refractivity contribution in [2.24, 2.45) is 11.7 Å². The Morgan fingerprint density at radius 3 is 2.72 bits per heavy atom. The third-order valence-corrected chi connectivity index (χ3v) is 3.33. The molecule has 0 saturated heterocycles. The smallest absolute Gasteiger partial charge is 0.1000 e. The van der Waals surface area contributed by atoms with Gasteiger partial charge in [-0.25, -0.2) is 0 Å². The summed E-state index contributed by atoms with van der Waals surface area (Å²) >= 11 is 0. The van der Waals surface area contributed by atoms with Crippen LogP contribution >= 0.6 is 0 Å². The van der Waals surface area contributed by atoms with Gasteiger partial charge >= 0.3 is 0 Å². The first-order chi connectivity index (χ1) is 8.76. The van der Waals surface area contributed by atoms with E-state index < -0.39 is 6.10 Å². The summed E-state index contributed by atoms with van der Waals surface area (Å²) < 4.78 is 0. The molecule has 0 saturated carbocycles. The zero-order valence-corrected chi connectivity index (χ0v) is 10.7. The summed E-state index contributed by atoms with van der Waals surface area (Å²) in [7, 11) is 0. The molecule has 0 amide bonds. The van der Waals surface area contributed by atoms with Crippen LogP contribution in [0.2, 0.25) is 0 Å². The maximum absolute atomic E-state index is 10.3. The minimum absolute atomic E-state index is 0.0867. The van der Waals surface area contributed by atoms with Gasteiger partial charge < -0.3 is 10.8 Å². The molecular weight excluding hydrogens is 224 g/mol. The highest BCUT2D eigenvalue weighted by molar-refractivity contribution is 5.78. The summed E-state index contributed by atoms with van der Waals surface area (Å²) in [5.41, 5.74) is 7.36. The van der Waals surface area contributed by atoms with Crippen LogP contribution in [0.1, 0.15) is 31.6 Å². The molecular formula is C15H20N2O. The molecule has 1 aromatic heterocycles. The number of rotatable bonds is 5. The van der Waals surface area contributed by atoms with Gasteiger partial charge in [-0.15, -0.1) is 0 Å². The summed E-state index contributed by atoms with van der Waals surface area (Å²) in [5, 5.41) is 11.4. The molecule has 1 heterocycles. The van der Waals surface area contributed by atoms with E-state index in [1.54, 1.807) is 0 Å². The van der Waals surface area contributed by atoms with E-state index >= 15 is 0 Å². The number of hydrogen-bond donors (Lipinski definition) is 2. The van der Waals surface area contributed by atoms with E-state index in [9.17, 15) is 5.11 Å². The van der Waals surface area contributed by atoms with Gasteiger partial charge in [0.15, 0.2) is 0 Å². The van der Waals surface area contributed by atoms with Gasteiger partial charge in [-0.05, 0) is 25.1 Å². The van der Waals surface area contributed by atoms with Crippen molar-refractivity contribution >= 4 is 10.9 Å². The third kappa shape index (κ3) is 2.68. The topological polar surface area (TPSA) is 59.1 Å². The second-order valence-electron chi connectivity index (χ2n) is 4.66. The van der Waals surface area contributed by atoms with Gasteiger partial charge in [-0.2, -0.15) is 0 Å². The highest BCUT2D eigenvalue weighted by Gasteiger charge is 2.20. The summed E-state index contributed by atoms with van der Waals surface area (Å²) in [6, 6.07) is 11.8. The van der Waals surface area contributed by atoms with Crippen LogP contribution in [0.3, 0.4) is 0 Å². The van der Waals surface area contributed by atoms with E-state index in [4.69, 9.17) is 5.73 Å². The maximum atomic E-state index is 10.3. The molecule has 3 nitrogen and oxygen atoms in total. The van der Waals surface area contributed by atoms with Gasteiger partial charge in [0, 0.05) is 11.3 Å². The van der Waals surface area contributed by atoms with Crippen LogP contribution in [0, 0.1) is 5.92 Å². The molecule has 2 aromatic rings. The van der Waals surface area contributed by atoms with Crippen molar-refractivity contribution in [3.8, 4) is 0 Å². The van der Waals surface area contributed by atoms with Crippen molar-refractivity contribution in [2.75, 3.05) is 6.54 Å². The Balaban J connectivity index is 2.29. The van der Waals surface area contributed by atoms with Crippen LogP contribution in [0.4, 0.5) is 0 Å². The standard InChI is InChI=1S/C15H20N2O/c1-2-5-12(10-16)15(18)14-9-8-11-6-3-4-7-13(11)17-14/h3-4,6-9,12,15,18H,2,5,10,16H2,1H3. The molecule has 96 valence electrons. The lowest BCUT2D eigenvalue weighted by molar-refractivity contribution is 0.103. The Hall–Kier alpha value is -1.45. The summed E-state index contributed by atoms with van der Waals surface area (Å²) in [6.07, 6.45) is 1.37. The number of aliphatic hydroxyl groups is 1. The fourth-order valence-electron chi connectivity index (χ4n) is 2.26. The first-order valence-electron chi connectivity index (χ1n) is 6.50. The average molecular weight is 244 g/mol. The van der Waals surface area contributed by atoms with Gasteiger partial charge in [-0.3, -0.25) is 4.98 Å². The van der Waals surface area contributed by atoms with Crippen LogP contribution in [0.25, 0.3) is 10.9 Å². The van der Waals surface area contributed by atoms with Gasteiger partial charge in [0.1, 0.15) is 0 Å². The SMILES string of the molecule is CCCC(CN)C(O)c1ccc2ccccc2n1. The minimum Gasteiger partial charge on any atom is -0.386 e. The molecule has 0 bridgehead atoms. The summed E-state index contributed by atoms with van der Waals surface area (Å²) in [6.45, 7) is 2.59. The van der Waals surface area contributed by atoms with Crippen molar-refractivity contribution in [3.05, 3.63) is 42.1 Å². The molecule has 2 unspecified atom stereocenters. The molecule has 0 fully saturated rings. The van der Waals surface area contributed by atoms with Crippen LogP contribution in [-0.2, 0) is 0 Å². The molecule has 3 heteroatoms. The fourth-order valence-corrected chi connectivity index (χ4v) is 2.26. The second-order valence-corrected chi connectivity index (χ2v) is 4.66. The molecule has 18 heavy (non-hydrogen) atoms. The van der Waals surface area contributed by atoms with E-state index in [1.165, 1.54) is 0 Å². The Labute approximate surface area is 108 Å². The number of pyridine rings is 1. The maximum Gasteiger partial charge on any atom is 0.1000 e. The Kier molecular flexibility index (Phi) is 4.28. The highest BCUT2D eigenvalue weighted by Crippen LogP contribution is 2.25. The minimum atomic E-state index is -0.570. The number of fused-ring (bicyclic) bond motifs is 1. The molecule has 2 rings (SSSR count). The van der Waals surface area contributed by atoms with Gasteiger partial charge in [0.05, 0.1) is 17.3 Å². The zero-order chi connectivity index (χ0) is 13.0. The van der Waals surface area contributed by atoms with E-state index in [0.29, 0.717) is 6.54 Å². The normalized spacial score (nSPS) is 14.6. The highest BCUT2D eigenvalue weighted by atomic mass is 16.3. The number of aromatic nitrogens is 1.